The van der Waals surface area contributed by atoms with Gasteiger partial charge in [-0.05, 0) is 113 Å². The summed E-state index contributed by atoms with van der Waals surface area (Å²) in [5.74, 6) is -0.238. The Morgan fingerprint density at radius 1 is 0.646 bits per heavy atom. The Bertz CT molecular complexity index is 2730. The summed E-state index contributed by atoms with van der Waals surface area (Å²) < 4.78 is 40.5. The average Bonchev–Trinajstić information content (AvgIpc) is 3.37. The van der Waals surface area contributed by atoms with Gasteiger partial charge in [0.1, 0.15) is 23.2 Å². The minimum Gasteiger partial charge on any atom is -0.331 e. The molecule has 5 aromatic rings. The van der Waals surface area contributed by atoms with Crippen LogP contribution in [-0.2, 0) is 24.4 Å². The van der Waals surface area contributed by atoms with E-state index in [4.69, 9.17) is 57.9 Å². The van der Waals surface area contributed by atoms with Gasteiger partial charge in [-0.2, -0.15) is 0 Å². The summed E-state index contributed by atoms with van der Waals surface area (Å²) in [4.78, 5) is 33.4. The molecule has 0 radical (unpaired) electrons. The lowest BCUT2D eigenvalue weighted by Crippen LogP contribution is -2.58. The summed E-state index contributed by atoms with van der Waals surface area (Å²) >= 11 is 24.2. The quantitative estimate of drug-likeness (QED) is 0.109. The van der Waals surface area contributed by atoms with E-state index in [9.17, 15) is 22.8 Å². The standard InChI is InChI=1S/C24H30Cl2FN3O.C15H23FN2.C8H9Cl2N.C8H15NO.C7H8FN/c1-16(18-9-7-10-19(25)22(18)26)28-23(31)30(14-17-8-5-6-11-20(17)27)21-12-13-29(4)15-24(21,2)3;1-15(2)11-18(3)9-8-14(15)17-10-12-6-4-5-7-13(12)16;1-5(11)6-3-2-4-7(9)8(6)10;1-8(2)6-9(3)5-4-7(8)10;8-7-4-2-1-3-6(7)5-9/h5-11,16,21H,12-15H2,1-4H3,(H,28,31);4-7,14,17H,8-11H2,1-3H3;2-5H,11H2,1H3;4-6H2,1-3H3;1-4H,5,9H2. The largest absolute Gasteiger partial charge is 0.331 e. The number of likely N-dealkylation sites (tertiary alicyclic amines) is 3. The first-order valence-electron chi connectivity index (χ1n) is 27.0. The third kappa shape index (κ3) is 20.6. The van der Waals surface area contributed by atoms with Gasteiger partial charge < -0.3 is 41.7 Å². The molecular formula is C62H85Cl4F3N8O2. The van der Waals surface area contributed by atoms with Crippen LogP contribution in [-0.4, -0.2) is 104 Å². The number of nitrogens with two attached hydrogens (primary N) is 2. The van der Waals surface area contributed by atoms with Gasteiger partial charge in [-0.1, -0.05) is 167 Å². The minimum atomic E-state index is -0.351. The Hall–Kier alpha value is -4.25. The maximum Gasteiger partial charge on any atom is 0.318 e. The van der Waals surface area contributed by atoms with Gasteiger partial charge in [-0.15, -0.1) is 0 Å². The van der Waals surface area contributed by atoms with Crippen LogP contribution in [0.25, 0.3) is 0 Å². The van der Waals surface area contributed by atoms with E-state index in [1.165, 1.54) is 18.2 Å². The number of amides is 2. The molecule has 0 saturated carbocycles. The number of urea groups is 1. The molecule has 79 heavy (non-hydrogen) atoms. The van der Waals surface area contributed by atoms with Crippen molar-refractivity contribution in [1.82, 2.24) is 30.2 Å². The van der Waals surface area contributed by atoms with Crippen molar-refractivity contribution in [1.29, 1.82) is 0 Å². The van der Waals surface area contributed by atoms with Crippen molar-refractivity contribution in [2.75, 3.05) is 60.4 Å². The highest BCUT2D eigenvalue weighted by molar-refractivity contribution is 6.43. The van der Waals surface area contributed by atoms with E-state index < -0.39 is 0 Å². The first-order chi connectivity index (χ1) is 37.1. The Balaban J connectivity index is 0.000000235. The number of halogens is 7. The molecule has 3 aliphatic rings. The molecule has 3 fully saturated rings. The lowest BCUT2D eigenvalue weighted by Gasteiger charge is -2.48. The minimum absolute atomic E-state index is 0.0367. The number of piperidine rings is 3. The van der Waals surface area contributed by atoms with E-state index in [1.54, 1.807) is 59.5 Å². The zero-order valence-electron chi connectivity index (χ0n) is 48.1. The third-order valence-electron chi connectivity index (χ3n) is 14.8. The van der Waals surface area contributed by atoms with Crippen molar-refractivity contribution in [2.45, 2.75) is 118 Å². The number of benzene rings is 5. The van der Waals surface area contributed by atoms with Gasteiger partial charge in [0.2, 0.25) is 0 Å². The number of carbonyl (C=O) groups excluding carboxylic acids is 2. The van der Waals surface area contributed by atoms with Crippen LogP contribution < -0.4 is 22.1 Å². The van der Waals surface area contributed by atoms with Crippen LogP contribution in [0.3, 0.4) is 0 Å². The van der Waals surface area contributed by atoms with Crippen LogP contribution in [0.2, 0.25) is 20.1 Å². The van der Waals surface area contributed by atoms with Crippen molar-refractivity contribution in [3.63, 3.8) is 0 Å². The fourth-order valence-electron chi connectivity index (χ4n) is 10.4. The summed E-state index contributed by atoms with van der Waals surface area (Å²) in [6, 6.07) is 30.7. The van der Waals surface area contributed by atoms with Gasteiger partial charge in [0.05, 0.1) is 32.7 Å². The zero-order valence-corrected chi connectivity index (χ0v) is 51.1. The summed E-state index contributed by atoms with van der Waals surface area (Å²) in [5, 5.41) is 8.57. The van der Waals surface area contributed by atoms with Crippen LogP contribution in [0.1, 0.15) is 115 Å². The second kappa shape index (κ2) is 31.3. The maximum absolute atomic E-state index is 14.5. The third-order valence-corrected chi connectivity index (χ3v) is 16.5. The summed E-state index contributed by atoms with van der Waals surface area (Å²) in [7, 11) is 6.31. The molecule has 0 bridgehead atoms. The van der Waals surface area contributed by atoms with E-state index in [0.717, 1.165) is 75.2 Å². The number of nitrogens with one attached hydrogen (secondary N) is 2. The van der Waals surface area contributed by atoms with Gasteiger partial charge in [-0.3, -0.25) is 4.79 Å². The molecule has 6 N–H and O–H groups in total. The second-order valence-electron chi connectivity index (χ2n) is 23.1. The Morgan fingerprint density at radius 3 is 1.57 bits per heavy atom. The smallest absolute Gasteiger partial charge is 0.318 e. The molecular weight excluding hydrogens is 1090 g/mol. The van der Waals surface area contributed by atoms with Crippen LogP contribution in [0, 0.1) is 33.7 Å². The molecule has 4 unspecified atom stereocenters. The molecule has 10 nitrogen and oxygen atoms in total. The van der Waals surface area contributed by atoms with Gasteiger partial charge in [0, 0.05) is 85.9 Å². The number of ketones is 1. The number of Topliss-reactive ketones (excluding diaryl/α,β-unsaturated/α-hetero) is 1. The van der Waals surface area contributed by atoms with Crippen LogP contribution in [0.15, 0.2) is 109 Å². The van der Waals surface area contributed by atoms with E-state index in [0.29, 0.717) is 49.6 Å². The maximum atomic E-state index is 14.5. The summed E-state index contributed by atoms with van der Waals surface area (Å²) in [6.45, 7) is 23.5. The Morgan fingerprint density at radius 2 is 1.11 bits per heavy atom. The molecule has 0 aromatic heterocycles. The van der Waals surface area contributed by atoms with Crippen molar-refractivity contribution in [3.05, 3.63) is 175 Å². The lowest BCUT2D eigenvalue weighted by molar-refractivity contribution is -0.131. The molecule has 0 spiro atoms. The lowest BCUT2D eigenvalue weighted by atomic mass is 9.78. The summed E-state index contributed by atoms with van der Waals surface area (Å²) in [6.07, 6.45) is 2.67. The molecule has 17 heteroatoms. The van der Waals surface area contributed by atoms with Crippen molar-refractivity contribution >= 4 is 58.2 Å². The number of nitrogens with zero attached hydrogens (tertiary/aromatic N) is 4. The Labute approximate surface area is 489 Å². The van der Waals surface area contributed by atoms with Gasteiger partial charge >= 0.3 is 6.03 Å². The predicted molar refractivity (Wildman–Crippen MR) is 322 cm³/mol. The molecule has 434 valence electrons. The summed E-state index contributed by atoms with van der Waals surface area (Å²) in [5.41, 5.74) is 14.3. The van der Waals surface area contributed by atoms with Gasteiger partial charge in [0.25, 0.3) is 0 Å². The molecule has 8 rings (SSSR count). The molecule has 2 amide bonds. The first-order valence-corrected chi connectivity index (χ1v) is 28.5. The van der Waals surface area contributed by atoms with E-state index >= 15 is 0 Å². The topological polar surface area (TPSA) is 123 Å². The van der Waals surface area contributed by atoms with Crippen molar-refractivity contribution < 1.29 is 22.8 Å². The van der Waals surface area contributed by atoms with E-state index in [2.05, 4.69) is 74.2 Å². The number of hydrogen-bond donors (Lipinski definition) is 4. The fraction of sp³-hybridized carbons (Fsp3) is 0.484. The normalized spacial score (nSPS) is 19.5. The molecule has 5 aromatic carbocycles. The molecule has 3 saturated heterocycles. The fourth-order valence-corrected chi connectivity index (χ4v) is 11.4. The average molecular weight is 1170 g/mol. The predicted octanol–water partition coefficient (Wildman–Crippen LogP) is 14.0. The molecule has 3 aliphatic heterocycles. The van der Waals surface area contributed by atoms with Crippen LogP contribution in [0.4, 0.5) is 18.0 Å². The number of rotatable bonds is 10. The number of hydrogen-bond acceptors (Lipinski definition) is 8. The highest BCUT2D eigenvalue weighted by atomic mass is 35.5. The zero-order chi connectivity index (χ0) is 58.8. The van der Waals surface area contributed by atoms with E-state index in [-0.39, 0.29) is 70.9 Å². The highest BCUT2D eigenvalue weighted by Crippen LogP contribution is 2.36. The molecule has 3 heterocycles. The molecule has 4 atom stereocenters. The SMILES string of the molecule is CC(N)c1cccc(Cl)c1Cl.CC(NC(=O)N(Cc1ccccc1F)C1CCN(C)CC1(C)C)c1cccc(Cl)c1Cl.CN1CCC(=O)C(C)(C)C1.CN1CCC(NCc2ccccc2F)C(C)(C)C1.NCc1ccccc1F. The van der Waals surface area contributed by atoms with E-state index in [1.807, 2.05) is 64.1 Å². The van der Waals surface area contributed by atoms with Crippen LogP contribution >= 0.6 is 46.4 Å². The monoisotopic (exact) mass is 1170 g/mol. The first kappa shape index (κ1) is 67.3. The number of carbonyl (C=O) groups is 2. The molecule has 0 aliphatic carbocycles. The van der Waals surface area contributed by atoms with Crippen molar-refractivity contribution in [2.24, 2.45) is 27.7 Å². The highest BCUT2D eigenvalue weighted by Gasteiger charge is 2.41. The van der Waals surface area contributed by atoms with Gasteiger partial charge in [0.15, 0.2) is 0 Å². The van der Waals surface area contributed by atoms with Crippen LogP contribution in [0.5, 0.6) is 0 Å². The Kier molecular flexibility index (Phi) is 26.6. The van der Waals surface area contributed by atoms with Gasteiger partial charge in [-0.25, -0.2) is 18.0 Å². The van der Waals surface area contributed by atoms with Crippen molar-refractivity contribution in [3.8, 4) is 0 Å². The second-order valence-corrected chi connectivity index (χ2v) is 24.7.